The van der Waals surface area contributed by atoms with Crippen molar-refractivity contribution < 1.29 is 8.42 Å². The number of sulfone groups is 1. The minimum atomic E-state index is -2.92. The van der Waals surface area contributed by atoms with E-state index in [1.54, 1.807) is 6.92 Å². The molecular weight excluding hydrogens is 286 g/mol. The lowest BCUT2D eigenvalue weighted by Gasteiger charge is -2.11. The molecule has 6 heteroatoms. The molecule has 0 amide bonds. The summed E-state index contributed by atoms with van der Waals surface area (Å²) < 4.78 is 25.0. The molecule has 0 saturated heterocycles. The van der Waals surface area contributed by atoms with E-state index in [0.29, 0.717) is 13.1 Å². The molecule has 0 bridgehead atoms. The molecule has 114 valence electrons. The number of aromatic nitrogens is 2. The van der Waals surface area contributed by atoms with Gasteiger partial charge in [-0.25, -0.2) is 13.4 Å². The average molecular weight is 307 g/mol. The minimum Gasteiger partial charge on any atom is -0.310 e. The van der Waals surface area contributed by atoms with Crippen LogP contribution in [0.15, 0.2) is 36.5 Å². The summed E-state index contributed by atoms with van der Waals surface area (Å²) in [5.74, 6) is 1.27. The highest BCUT2D eigenvalue weighted by Crippen LogP contribution is 2.14. The fourth-order valence-corrected chi connectivity index (χ4v) is 2.88. The first kappa shape index (κ1) is 15.7. The molecule has 1 heterocycles. The first-order chi connectivity index (χ1) is 10.0. The van der Waals surface area contributed by atoms with Crippen molar-refractivity contribution in [2.45, 2.75) is 20.4 Å². The molecule has 0 radical (unpaired) electrons. The molecule has 0 atom stereocenters. The van der Waals surface area contributed by atoms with Crippen LogP contribution in [0.3, 0.4) is 0 Å². The van der Waals surface area contributed by atoms with Crippen LogP contribution in [-0.2, 0) is 16.4 Å². The lowest BCUT2D eigenvalue weighted by Crippen LogP contribution is -2.24. The monoisotopic (exact) mass is 307 g/mol. The summed E-state index contributed by atoms with van der Waals surface area (Å²) in [6, 6.07) is 10.0. The Morgan fingerprint density at radius 1 is 1.24 bits per heavy atom. The standard InChI is InChI=1S/C15H21N3O2S/c1-3-21(19,20)10-9-16-11-15-12-17-13(2)18(15)14-7-5-4-6-8-14/h4-8,12,16H,3,9-11H2,1-2H3. The van der Waals surface area contributed by atoms with Crippen molar-refractivity contribution in [1.82, 2.24) is 14.9 Å². The number of hydrogen-bond donors (Lipinski definition) is 1. The van der Waals surface area contributed by atoms with E-state index in [2.05, 4.69) is 14.9 Å². The highest BCUT2D eigenvalue weighted by molar-refractivity contribution is 7.91. The number of benzene rings is 1. The molecule has 0 aliphatic heterocycles. The molecule has 0 aliphatic carbocycles. The number of para-hydroxylation sites is 1. The Hall–Kier alpha value is -1.66. The van der Waals surface area contributed by atoms with Crippen molar-refractivity contribution in [2.75, 3.05) is 18.1 Å². The van der Waals surface area contributed by atoms with Gasteiger partial charge >= 0.3 is 0 Å². The zero-order chi connectivity index (χ0) is 15.3. The van der Waals surface area contributed by atoms with Gasteiger partial charge in [0.1, 0.15) is 5.82 Å². The van der Waals surface area contributed by atoms with E-state index in [1.807, 2.05) is 43.5 Å². The minimum absolute atomic E-state index is 0.169. The molecular formula is C15H21N3O2S. The van der Waals surface area contributed by atoms with E-state index >= 15 is 0 Å². The van der Waals surface area contributed by atoms with E-state index in [9.17, 15) is 8.42 Å². The number of nitrogens with zero attached hydrogens (tertiary/aromatic N) is 2. The van der Waals surface area contributed by atoms with Gasteiger partial charge in [-0.2, -0.15) is 0 Å². The normalized spacial score (nSPS) is 11.7. The largest absolute Gasteiger partial charge is 0.310 e. The third-order valence-electron chi connectivity index (χ3n) is 3.36. The van der Waals surface area contributed by atoms with Crippen LogP contribution < -0.4 is 5.32 Å². The molecule has 0 fully saturated rings. The molecule has 2 rings (SSSR count). The lowest BCUT2D eigenvalue weighted by molar-refractivity contribution is 0.591. The van der Waals surface area contributed by atoms with E-state index in [4.69, 9.17) is 0 Å². The van der Waals surface area contributed by atoms with Crippen LogP contribution in [0.25, 0.3) is 5.69 Å². The van der Waals surface area contributed by atoms with Crippen LogP contribution in [0, 0.1) is 6.92 Å². The predicted octanol–water partition coefficient (Wildman–Crippen LogP) is 1.71. The molecule has 1 N–H and O–H groups in total. The summed E-state index contributed by atoms with van der Waals surface area (Å²) in [6.45, 7) is 4.67. The first-order valence-corrected chi connectivity index (χ1v) is 8.85. The number of hydrogen-bond acceptors (Lipinski definition) is 4. The average Bonchev–Trinajstić information content (AvgIpc) is 2.85. The highest BCUT2D eigenvalue weighted by Gasteiger charge is 2.09. The van der Waals surface area contributed by atoms with Gasteiger partial charge in [0.05, 0.1) is 17.6 Å². The fourth-order valence-electron chi connectivity index (χ4n) is 2.13. The van der Waals surface area contributed by atoms with E-state index in [1.165, 1.54) is 0 Å². The van der Waals surface area contributed by atoms with Gasteiger partial charge in [0.25, 0.3) is 0 Å². The Balaban J connectivity index is 2.02. The van der Waals surface area contributed by atoms with Crippen LogP contribution in [0.4, 0.5) is 0 Å². The number of aryl methyl sites for hydroxylation is 1. The van der Waals surface area contributed by atoms with Gasteiger partial charge in [-0.1, -0.05) is 25.1 Å². The number of rotatable bonds is 7. The maximum atomic E-state index is 11.4. The van der Waals surface area contributed by atoms with Crippen LogP contribution >= 0.6 is 0 Å². The maximum Gasteiger partial charge on any atom is 0.151 e. The van der Waals surface area contributed by atoms with Crippen LogP contribution in [-0.4, -0.2) is 36.0 Å². The Labute approximate surface area is 125 Å². The predicted molar refractivity (Wildman–Crippen MR) is 84.3 cm³/mol. The van der Waals surface area contributed by atoms with Gasteiger partial charge in [-0.05, 0) is 19.1 Å². The summed E-state index contributed by atoms with van der Waals surface area (Å²) in [4.78, 5) is 4.34. The van der Waals surface area contributed by atoms with Gasteiger partial charge in [0.2, 0.25) is 0 Å². The van der Waals surface area contributed by atoms with E-state index in [-0.39, 0.29) is 11.5 Å². The van der Waals surface area contributed by atoms with Crippen molar-refractivity contribution in [3.63, 3.8) is 0 Å². The van der Waals surface area contributed by atoms with Crippen LogP contribution in [0.5, 0.6) is 0 Å². The zero-order valence-electron chi connectivity index (χ0n) is 12.4. The van der Waals surface area contributed by atoms with Crippen molar-refractivity contribution in [3.05, 3.63) is 48.0 Å². The van der Waals surface area contributed by atoms with Crippen molar-refractivity contribution >= 4 is 9.84 Å². The zero-order valence-corrected chi connectivity index (χ0v) is 13.2. The Morgan fingerprint density at radius 3 is 2.62 bits per heavy atom. The van der Waals surface area contributed by atoms with Gasteiger partial charge < -0.3 is 5.32 Å². The first-order valence-electron chi connectivity index (χ1n) is 7.03. The number of imidazole rings is 1. The summed E-state index contributed by atoms with van der Waals surface area (Å²) >= 11 is 0. The Morgan fingerprint density at radius 2 is 1.95 bits per heavy atom. The number of nitrogens with one attached hydrogen (secondary N) is 1. The van der Waals surface area contributed by atoms with Gasteiger partial charge in [0, 0.05) is 24.5 Å². The topological polar surface area (TPSA) is 64.0 Å². The Kier molecular flexibility index (Phi) is 5.14. The summed E-state index contributed by atoms with van der Waals surface area (Å²) in [5, 5.41) is 3.18. The fraction of sp³-hybridized carbons (Fsp3) is 0.400. The molecule has 0 saturated carbocycles. The van der Waals surface area contributed by atoms with Crippen molar-refractivity contribution in [2.24, 2.45) is 0 Å². The van der Waals surface area contributed by atoms with Crippen LogP contribution in [0.1, 0.15) is 18.4 Å². The second kappa shape index (κ2) is 6.87. The maximum absolute atomic E-state index is 11.4. The second-order valence-corrected chi connectivity index (χ2v) is 7.35. The lowest BCUT2D eigenvalue weighted by atomic mass is 10.3. The molecule has 21 heavy (non-hydrogen) atoms. The molecule has 0 spiro atoms. The third kappa shape index (κ3) is 4.15. The smallest absolute Gasteiger partial charge is 0.151 e. The Bertz CT molecular complexity index is 678. The second-order valence-electron chi connectivity index (χ2n) is 4.88. The van der Waals surface area contributed by atoms with Crippen molar-refractivity contribution in [3.8, 4) is 5.69 Å². The van der Waals surface area contributed by atoms with Gasteiger partial charge in [-0.15, -0.1) is 0 Å². The molecule has 2 aromatic rings. The summed E-state index contributed by atoms with van der Waals surface area (Å²) in [6.07, 6.45) is 1.82. The quantitative estimate of drug-likeness (QED) is 0.791. The SMILES string of the molecule is CCS(=O)(=O)CCNCc1cnc(C)n1-c1ccccc1. The molecule has 0 aliphatic rings. The molecule has 1 aromatic heterocycles. The highest BCUT2D eigenvalue weighted by atomic mass is 32.2. The third-order valence-corrected chi connectivity index (χ3v) is 5.07. The molecule has 0 unspecified atom stereocenters. The van der Waals surface area contributed by atoms with Crippen LogP contribution in [0.2, 0.25) is 0 Å². The summed E-state index contributed by atoms with van der Waals surface area (Å²) in [5.41, 5.74) is 2.08. The molecule has 5 nitrogen and oxygen atoms in total. The van der Waals surface area contributed by atoms with E-state index < -0.39 is 9.84 Å². The molecule has 1 aromatic carbocycles. The van der Waals surface area contributed by atoms with Gasteiger partial charge in [-0.3, -0.25) is 4.57 Å². The van der Waals surface area contributed by atoms with E-state index in [0.717, 1.165) is 17.2 Å². The van der Waals surface area contributed by atoms with Gasteiger partial charge in [0.15, 0.2) is 9.84 Å². The summed E-state index contributed by atoms with van der Waals surface area (Å²) in [7, 11) is -2.92. The van der Waals surface area contributed by atoms with Crippen molar-refractivity contribution in [1.29, 1.82) is 0 Å².